The molecule has 6 heteroatoms. The lowest BCUT2D eigenvalue weighted by atomic mass is 9.95. The summed E-state index contributed by atoms with van der Waals surface area (Å²) in [5.41, 5.74) is 1.93. The highest BCUT2D eigenvalue weighted by atomic mass is 16.5. The Labute approximate surface area is 153 Å². The lowest BCUT2D eigenvalue weighted by Gasteiger charge is -2.20. The van der Waals surface area contributed by atoms with Crippen molar-refractivity contribution in [1.82, 2.24) is 14.9 Å². The van der Waals surface area contributed by atoms with Crippen molar-refractivity contribution in [2.75, 3.05) is 31.6 Å². The fourth-order valence-electron chi connectivity index (χ4n) is 3.68. The Kier molecular flexibility index (Phi) is 5.11. The van der Waals surface area contributed by atoms with E-state index < -0.39 is 0 Å². The minimum absolute atomic E-state index is 0.0845. The van der Waals surface area contributed by atoms with Gasteiger partial charge in [-0.3, -0.25) is 9.78 Å². The molecule has 0 aromatic carbocycles. The smallest absolute Gasteiger partial charge is 0.255 e. The minimum atomic E-state index is 0.0845. The van der Waals surface area contributed by atoms with Gasteiger partial charge in [0.25, 0.3) is 5.91 Å². The van der Waals surface area contributed by atoms with Crippen LogP contribution in [0, 0.1) is 5.92 Å². The highest BCUT2D eigenvalue weighted by molar-refractivity contribution is 5.94. The number of anilines is 1. The topological polar surface area (TPSA) is 67.3 Å². The Morgan fingerprint density at radius 2 is 1.96 bits per heavy atom. The normalized spacial score (nSPS) is 22.5. The quantitative estimate of drug-likeness (QED) is 0.895. The zero-order valence-corrected chi connectivity index (χ0v) is 14.8. The molecular weight excluding hydrogens is 328 g/mol. The molecule has 26 heavy (non-hydrogen) atoms. The number of amides is 1. The third-order valence-electron chi connectivity index (χ3n) is 5.18. The number of nitrogens with one attached hydrogen (secondary N) is 1. The van der Waals surface area contributed by atoms with E-state index in [1.807, 2.05) is 41.6 Å². The van der Waals surface area contributed by atoms with Crippen molar-refractivity contribution in [2.24, 2.45) is 5.92 Å². The predicted octanol–water partition coefficient (Wildman–Crippen LogP) is 2.38. The van der Waals surface area contributed by atoms with E-state index in [1.54, 1.807) is 6.20 Å². The van der Waals surface area contributed by atoms with Crippen molar-refractivity contribution >= 4 is 11.7 Å². The van der Waals surface area contributed by atoms with Gasteiger partial charge in [0.1, 0.15) is 5.82 Å². The number of hydrogen-bond donors (Lipinski definition) is 1. The van der Waals surface area contributed by atoms with Gasteiger partial charge in [-0.15, -0.1) is 0 Å². The molecule has 6 nitrogen and oxygen atoms in total. The van der Waals surface area contributed by atoms with Crippen LogP contribution in [-0.4, -0.2) is 53.1 Å². The van der Waals surface area contributed by atoms with Crippen LogP contribution in [0.5, 0.6) is 0 Å². The summed E-state index contributed by atoms with van der Waals surface area (Å²) in [6, 6.07) is 8.07. The molecule has 2 saturated heterocycles. The van der Waals surface area contributed by atoms with Crippen LogP contribution in [0.15, 0.2) is 42.9 Å². The minimum Gasteiger partial charge on any atom is -0.379 e. The van der Waals surface area contributed by atoms with E-state index in [0.717, 1.165) is 44.8 Å². The number of likely N-dealkylation sites (tertiary alicyclic amines) is 1. The lowest BCUT2D eigenvalue weighted by molar-refractivity contribution is 0.0792. The summed E-state index contributed by atoms with van der Waals surface area (Å²) in [5.74, 6) is 1.27. The third-order valence-corrected chi connectivity index (χ3v) is 5.18. The molecule has 0 radical (unpaired) electrons. The molecule has 2 aliphatic heterocycles. The monoisotopic (exact) mass is 352 g/mol. The van der Waals surface area contributed by atoms with Crippen LogP contribution in [0.3, 0.4) is 0 Å². The van der Waals surface area contributed by atoms with Crippen LogP contribution in [0.2, 0.25) is 0 Å². The van der Waals surface area contributed by atoms with Gasteiger partial charge in [-0.2, -0.15) is 0 Å². The summed E-state index contributed by atoms with van der Waals surface area (Å²) in [4.78, 5) is 22.8. The van der Waals surface area contributed by atoms with Crippen molar-refractivity contribution in [2.45, 2.75) is 25.3 Å². The molecule has 1 N–H and O–H groups in total. The van der Waals surface area contributed by atoms with Gasteiger partial charge in [-0.1, -0.05) is 0 Å². The molecule has 2 aromatic heterocycles. The number of rotatable bonds is 5. The Bertz CT molecular complexity index is 729. The van der Waals surface area contributed by atoms with Crippen LogP contribution in [-0.2, 0) is 11.2 Å². The maximum atomic E-state index is 12.4. The highest BCUT2D eigenvalue weighted by Crippen LogP contribution is 2.22. The second kappa shape index (κ2) is 7.83. The molecular formula is C20H24N4O2. The molecule has 0 unspecified atom stereocenters. The van der Waals surface area contributed by atoms with E-state index in [0.29, 0.717) is 18.1 Å². The van der Waals surface area contributed by atoms with Gasteiger partial charge in [-0.05, 0) is 49.1 Å². The lowest BCUT2D eigenvalue weighted by Crippen LogP contribution is -2.30. The summed E-state index contributed by atoms with van der Waals surface area (Å²) in [6.45, 7) is 3.13. The van der Waals surface area contributed by atoms with Gasteiger partial charge in [0.2, 0.25) is 0 Å². The first-order valence-corrected chi connectivity index (χ1v) is 9.28. The third kappa shape index (κ3) is 3.85. The van der Waals surface area contributed by atoms with E-state index >= 15 is 0 Å². The number of carbonyl (C=O) groups is 1. The molecule has 4 rings (SSSR count). The van der Waals surface area contributed by atoms with E-state index in [1.165, 1.54) is 5.56 Å². The fraction of sp³-hybridized carbons (Fsp3) is 0.450. The number of nitrogens with zero attached hydrogens (tertiary/aromatic N) is 3. The van der Waals surface area contributed by atoms with Gasteiger partial charge >= 0.3 is 0 Å². The van der Waals surface area contributed by atoms with Crippen molar-refractivity contribution in [3.05, 3.63) is 54.0 Å². The maximum Gasteiger partial charge on any atom is 0.255 e. The van der Waals surface area contributed by atoms with Crippen molar-refractivity contribution < 1.29 is 9.53 Å². The Balaban J connectivity index is 1.37. The van der Waals surface area contributed by atoms with E-state index in [9.17, 15) is 4.79 Å². The summed E-state index contributed by atoms with van der Waals surface area (Å²) < 4.78 is 5.68. The van der Waals surface area contributed by atoms with Gasteiger partial charge in [0.15, 0.2) is 0 Å². The van der Waals surface area contributed by atoms with Crippen LogP contribution in [0.4, 0.5) is 5.82 Å². The number of ether oxygens (including phenoxy) is 1. The van der Waals surface area contributed by atoms with Gasteiger partial charge in [0, 0.05) is 37.6 Å². The Morgan fingerprint density at radius 3 is 2.69 bits per heavy atom. The number of aromatic nitrogens is 2. The predicted molar refractivity (Wildman–Crippen MR) is 99.0 cm³/mol. The molecule has 1 amide bonds. The van der Waals surface area contributed by atoms with Crippen molar-refractivity contribution in [3.63, 3.8) is 0 Å². The van der Waals surface area contributed by atoms with Crippen LogP contribution in [0.1, 0.15) is 28.8 Å². The van der Waals surface area contributed by atoms with E-state index in [-0.39, 0.29) is 11.9 Å². The molecule has 4 heterocycles. The zero-order valence-electron chi connectivity index (χ0n) is 14.8. The molecule has 0 saturated carbocycles. The maximum absolute atomic E-state index is 12.4. The van der Waals surface area contributed by atoms with Crippen LogP contribution < -0.4 is 5.32 Å². The highest BCUT2D eigenvalue weighted by Gasteiger charge is 2.28. The average Bonchev–Trinajstić information content (AvgIpc) is 3.35. The second-order valence-electron chi connectivity index (χ2n) is 7.04. The SMILES string of the molecule is O=C(c1ccc(N[C@@H]2COC[C@H]2Cc2ccncc2)nc1)N1CCCC1. The zero-order chi connectivity index (χ0) is 17.8. The first-order valence-electron chi connectivity index (χ1n) is 9.28. The van der Waals surface area contributed by atoms with Crippen molar-refractivity contribution in [3.8, 4) is 0 Å². The van der Waals surface area contributed by atoms with E-state index in [4.69, 9.17) is 4.74 Å². The molecule has 2 aliphatic rings. The summed E-state index contributed by atoms with van der Waals surface area (Å²) in [7, 11) is 0. The number of pyridine rings is 2. The molecule has 2 atom stereocenters. The van der Waals surface area contributed by atoms with Gasteiger partial charge < -0.3 is 15.0 Å². The molecule has 0 bridgehead atoms. The molecule has 0 aliphatic carbocycles. The van der Waals surface area contributed by atoms with Gasteiger partial charge in [-0.25, -0.2) is 4.98 Å². The average molecular weight is 352 g/mol. The largest absolute Gasteiger partial charge is 0.379 e. The van der Waals surface area contributed by atoms with Crippen LogP contribution in [0.25, 0.3) is 0 Å². The molecule has 2 aromatic rings. The Hall–Kier alpha value is -2.47. The second-order valence-corrected chi connectivity index (χ2v) is 7.04. The summed E-state index contributed by atoms with van der Waals surface area (Å²) in [6.07, 6.45) is 8.47. The van der Waals surface area contributed by atoms with Crippen LogP contribution >= 0.6 is 0 Å². The molecule has 0 spiro atoms. The molecule has 136 valence electrons. The van der Waals surface area contributed by atoms with Gasteiger partial charge in [0.05, 0.1) is 24.8 Å². The first kappa shape index (κ1) is 17.0. The summed E-state index contributed by atoms with van der Waals surface area (Å²) >= 11 is 0. The number of hydrogen-bond acceptors (Lipinski definition) is 5. The van der Waals surface area contributed by atoms with E-state index in [2.05, 4.69) is 15.3 Å². The Morgan fingerprint density at radius 1 is 1.15 bits per heavy atom. The molecule has 2 fully saturated rings. The standard InChI is InChI=1S/C20H24N4O2/c25-20(24-9-1-2-10-24)16-3-4-19(22-12-16)23-18-14-26-13-17(18)11-15-5-7-21-8-6-15/h3-8,12,17-18H,1-2,9-11,13-14H2,(H,22,23)/t17-,18-/m1/s1. The number of carbonyl (C=O) groups excluding carboxylic acids is 1. The van der Waals surface area contributed by atoms with Crippen molar-refractivity contribution in [1.29, 1.82) is 0 Å². The fourth-order valence-corrected chi connectivity index (χ4v) is 3.68. The first-order chi connectivity index (χ1) is 12.8. The summed E-state index contributed by atoms with van der Waals surface area (Å²) in [5, 5.41) is 3.47.